The average molecular weight is 326 g/mol. The van der Waals surface area contributed by atoms with Crippen molar-refractivity contribution in [1.82, 2.24) is 4.98 Å². The number of carbonyl (C=O) groups is 1. The highest BCUT2D eigenvalue weighted by atomic mass is 16.5. The summed E-state index contributed by atoms with van der Waals surface area (Å²) in [6.07, 6.45) is 2.55. The van der Waals surface area contributed by atoms with Crippen LogP contribution in [0.1, 0.15) is 49.9 Å². The van der Waals surface area contributed by atoms with E-state index in [4.69, 9.17) is 9.47 Å². The molecule has 0 saturated heterocycles. The van der Waals surface area contributed by atoms with E-state index in [2.05, 4.69) is 18.0 Å². The van der Waals surface area contributed by atoms with Gasteiger partial charge in [0.25, 0.3) is 0 Å². The minimum atomic E-state index is -0.694. The highest BCUT2D eigenvalue weighted by Crippen LogP contribution is 2.43. The van der Waals surface area contributed by atoms with E-state index in [0.717, 1.165) is 41.4 Å². The number of ether oxygens (including phenoxy) is 2. The molecule has 0 bridgehead atoms. The first-order chi connectivity index (χ1) is 11.6. The largest absolute Gasteiger partial charge is 0.466 e. The molecule has 126 valence electrons. The standard InChI is InChI=1S/C19H22N2O3/c1-3-9-19(11-16(22)23-4-2)18-14(8-10-24-19)17-13(12-20)6-5-7-15(17)21-18/h5-7,21H,3-4,8-11H2,1-2H3. The lowest BCUT2D eigenvalue weighted by atomic mass is 9.84. The van der Waals surface area contributed by atoms with Crippen LogP contribution < -0.4 is 0 Å². The fourth-order valence-corrected chi connectivity index (χ4v) is 3.74. The molecular weight excluding hydrogens is 304 g/mol. The van der Waals surface area contributed by atoms with Crippen LogP contribution in [-0.2, 0) is 26.3 Å². The number of fused-ring (bicyclic) bond motifs is 3. The van der Waals surface area contributed by atoms with Crippen LogP contribution in [0.15, 0.2) is 18.2 Å². The third-order valence-corrected chi connectivity index (χ3v) is 4.62. The van der Waals surface area contributed by atoms with Crippen molar-refractivity contribution in [2.75, 3.05) is 13.2 Å². The Morgan fingerprint density at radius 1 is 1.46 bits per heavy atom. The van der Waals surface area contributed by atoms with E-state index >= 15 is 0 Å². The van der Waals surface area contributed by atoms with E-state index in [9.17, 15) is 10.1 Å². The summed E-state index contributed by atoms with van der Waals surface area (Å²) in [7, 11) is 0. The van der Waals surface area contributed by atoms with Crippen LogP contribution >= 0.6 is 0 Å². The number of aromatic amines is 1. The lowest BCUT2D eigenvalue weighted by molar-refractivity contribution is -0.155. The molecule has 1 aliphatic heterocycles. The highest BCUT2D eigenvalue weighted by molar-refractivity contribution is 5.90. The maximum atomic E-state index is 12.2. The molecule has 0 fully saturated rings. The van der Waals surface area contributed by atoms with E-state index in [-0.39, 0.29) is 12.4 Å². The minimum absolute atomic E-state index is 0.191. The fraction of sp³-hybridized carbons (Fsp3) is 0.474. The molecule has 1 unspecified atom stereocenters. The number of H-pyrrole nitrogens is 1. The number of esters is 1. The van der Waals surface area contributed by atoms with Crippen molar-refractivity contribution in [3.05, 3.63) is 35.0 Å². The number of nitrogens with zero attached hydrogens (tertiary/aromatic N) is 1. The lowest BCUT2D eigenvalue weighted by Gasteiger charge is -2.36. The van der Waals surface area contributed by atoms with Gasteiger partial charge in [0.15, 0.2) is 0 Å². The van der Waals surface area contributed by atoms with Crippen molar-refractivity contribution in [2.45, 2.75) is 45.1 Å². The van der Waals surface area contributed by atoms with Crippen LogP contribution in [0, 0.1) is 11.3 Å². The van der Waals surface area contributed by atoms with Crippen LogP contribution in [0.2, 0.25) is 0 Å². The van der Waals surface area contributed by atoms with Gasteiger partial charge in [0.1, 0.15) is 5.60 Å². The smallest absolute Gasteiger partial charge is 0.309 e. The first-order valence-corrected chi connectivity index (χ1v) is 8.49. The maximum absolute atomic E-state index is 12.2. The van der Waals surface area contributed by atoms with Gasteiger partial charge >= 0.3 is 5.97 Å². The quantitative estimate of drug-likeness (QED) is 0.852. The number of benzene rings is 1. The van der Waals surface area contributed by atoms with E-state index in [1.165, 1.54) is 0 Å². The molecule has 0 spiro atoms. The molecule has 0 radical (unpaired) electrons. The van der Waals surface area contributed by atoms with Gasteiger partial charge in [-0.05, 0) is 37.5 Å². The minimum Gasteiger partial charge on any atom is -0.466 e. The van der Waals surface area contributed by atoms with Crippen LogP contribution in [0.5, 0.6) is 0 Å². The Morgan fingerprint density at radius 2 is 2.29 bits per heavy atom. The first kappa shape index (κ1) is 16.5. The molecular formula is C19H22N2O3. The molecule has 5 heteroatoms. The number of aromatic nitrogens is 1. The average Bonchev–Trinajstić information content (AvgIpc) is 2.96. The van der Waals surface area contributed by atoms with Gasteiger partial charge in [-0.1, -0.05) is 19.4 Å². The second-order valence-electron chi connectivity index (χ2n) is 6.14. The summed E-state index contributed by atoms with van der Waals surface area (Å²) < 4.78 is 11.3. The van der Waals surface area contributed by atoms with Crippen molar-refractivity contribution in [1.29, 1.82) is 5.26 Å². The van der Waals surface area contributed by atoms with E-state index in [1.54, 1.807) is 6.92 Å². The summed E-state index contributed by atoms with van der Waals surface area (Å²) in [4.78, 5) is 15.6. The topological polar surface area (TPSA) is 75.1 Å². The molecule has 1 aromatic heterocycles. The van der Waals surface area contributed by atoms with E-state index < -0.39 is 5.60 Å². The van der Waals surface area contributed by atoms with Crippen molar-refractivity contribution in [2.24, 2.45) is 0 Å². The van der Waals surface area contributed by atoms with Crippen molar-refractivity contribution < 1.29 is 14.3 Å². The molecule has 0 amide bonds. The maximum Gasteiger partial charge on any atom is 0.309 e. The van der Waals surface area contributed by atoms with Crippen LogP contribution in [0.3, 0.4) is 0 Å². The predicted molar refractivity (Wildman–Crippen MR) is 90.5 cm³/mol. The fourth-order valence-electron chi connectivity index (χ4n) is 3.74. The normalized spacial score (nSPS) is 19.7. The van der Waals surface area contributed by atoms with Crippen LogP contribution in [0.25, 0.3) is 10.9 Å². The molecule has 24 heavy (non-hydrogen) atoms. The zero-order valence-electron chi connectivity index (χ0n) is 14.1. The first-order valence-electron chi connectivity index (χ1n) is 8.49. The van der Waals surface area contributed by atoms with Gasteiger partial charge in [-0.25, -0.2) is 0 Å². The second kappa shape index (κ2) is 6.66. The molecule has 0 saturated carbocycles. The summed E-state index contributed by atoms with van der Waals surface area (Å²) >= 11 is 0. The molecule has 5 nitrogen and oxygen atoms in total. The third kappa shape index (κ3) is 2.67. The number of hydrogen-bond acceptors (Lipinski definition) is 4. The zero-order valence-corrected chi connectivity index (χ0v) is 14.1. The van der Waals surface area contributed by atoms with Crippen molar-refractivity contribution in [3.63, 3.8) is 0 Å². The lowest BCUT2D eigenvalue weighted by Crippen LogP contribution is -2.38. The second-order valence-corrected chi connectivity index (χ2v) is 6.14. The highest BCUT2D eigenvalue weighted by Gasteiger charge is 2.42. The monoisotopic (exact) mass is 326 g/mol. The molecule has 2 aromatic rings. The summed E-state index contributed by atoms with van der Waals surface area (Å²) in [6, 6.07) is 7.95. The predicted octanol–water partition coefficient (Wildman–Crippen LogP) is 3.56. The molecule has 3 rings (SSSR count). The Kier molecular flexibility index (Phi) is 4.59. The molecule has 0 aliphatic carbocycles. The van der Waals surface area contributed by atoms with Crippen LogP contribution in [-0.4, -0.2) is 24.2 Å². The van der Waals surface area contributed by atoms with Gasteiger partial charge in [0, 0.05) is 10.9 Å². The molecule has 1 aromatic carbocycles. The summed E-state index contributed by atoms with van der Waals surface area (Å²) in [6.45, 7) is 4.78. The Hall–Kier alpha value is -2.32. The number of carbonyl (C=O) groups excluding carboxylic acids is 1. The van der Waals surface area contributed by atoms with Gasteiger partial charge in [-0.15, -0.1) is 0 Å². The summed E-state index contributed by atoms with van der Waals surface area (Å²) in [5.74, 6) is -0.252. The molecule has 2 heterocycles. The number of nitriles is 1. The zero-order chi connectivity index (χ0) is 17.2. The van der Waals surface area contributed by atoms with E-state index in [0.29, 0.717) is 18.8 Å². The number of nitrogens with one attached hydrogen (secondary N) is 1. The Labute approximate surface area is 141 Å². The summed E-state index contributed by atoms with van der Waals surface area (Å²) in [5.41, 5.74) is 2.93. The Bertz CT molecular complexity index is 803. The number of hydrogen-bond donors (Lipinski definition) is 1. The molecule has 1 aliphatic rings. The SMILES string of the molecule is CCCC1(CC(=O)OCC)OCCc2c1[nH]c1cccc(C#N)c21. The van der Waals surface area contributed by atoms with Crippen LogP contribution in [0.4, 0.5) is 0 Å². The van der Waals surface area contributed by atoms with Crippen molar-refractivity contribution in [3.8, 4) is 6.07 Å². The third-order valence-electron chi connectivity index (χ3n) is 4.62. The molecule has 1 atom stereocenters. The number of rotatable bonds is 5. The molecule has 1 N–H and O–H groups in total. The Balaban J connectivity index is 2.15. The van der Waals surface area contributed by atoms with Gasteiger partial charge in [-0.3, -0.25) is 4.79 Å². The summed E-state index contributed by atoms with van der Waals surface area (Å²) in [5, 5.41) is 10.4. The van der Waals surface area contributed by atoms with Crippen molar-refractivity contribution >= 4 is 16.9 Å². The van der Waals surface area contributed by atoms with E-state index in [1.807, 2.05) is 18.2 Å². The van der Waals surface area contributed by atoms with Gasteiger partial charge in [-0.2, -0.15) is 5.26 Å². The van der Waals surface area contributed by atoms with Gasteiger partial charge in [0.05, 0.1) is 37.0 Å². The van der Waals surface area contributed by atoms with Gasteiger partial charge in [0.2, 0.25) is 0 Å². The Morgan fingerprint density at radius 3 is 3.00 bits per heavy atom. The van der Waals surface area contributed by atoms with Gasteiger partial charge < -0.3 is 14.5 Å².